The van der Waals surface area contributed by atoms with Gasteiger partial charge in [-0.2, -0.15) is 0 Å². The van der Waals surface area contributed by atoms with E-state index in [-0.39, 0.29) is 6.42 Å². The van der Waals surface area contributed by atoms with Crippen molar-refractivity contribution < 1.29 is 14.6 Å². The van der Waals surface area contributed by atoms with Crippen molar-refractivity contribution in [3.05, 3.63) is 29.8 Å². The summed E-state index contributed by atoms with van der Waals surface area (Å²) in [6.07, 6.45) is 0.0535. The standard InChI is InChI=1S/C12H17NO3/c1-13(2)7-8-16-11-5-3-10(4-6-11)9-12(14)15/h3-6H,7-9H2,1-2H3,(H,14,15). The molecule has 0 saturated carbocycles. The number of carboxylic acid groups (broad SMARTS) is 1. The van der Waals surface area contributed by atoms with E-state index in [1.54, 1.807) is 24.3 Å². The van der Waals surface area contributed by atoms with Crippen LogP contribution < -0.4 is 4.74 Å². The minimum atomic E-state index is -0.818. The van der Waals surface area contributed by atoms with Crippen molar-refractivity contribution in [2.45, 2.75) is 6.42 Å². The van der Waals surface area contributed by atoms with Gasteiger partial charge in [0.25, 0.3) is 0 Å². The molecular formula is C12H17NO3. The van der Waals surface area contributed by atoms with E-state index >= 15 is 0 Å². The van der Waals surface area contributed by atoms with E-state index < -0.39 is 5.97 Å². The van der Waals surface area contributed by atoms with Crippen LogP contribution in [0.1, 0.15) is 5.56 Å². The van der Waals surface area contributed by atoms with E-state index in [1.807, 2.05) is 19.0 Å². The first-order valence-electron chi connectivity index (χ1n) is 5.16. The molecule has 0 unspecified atom stereocenters. The lowest BCUT2D eigenvalue weighted by atomic mass is 10.1. The Balaban J connectivity index is 2.42. The number of ether oxygens (including phenoxy) is 1. The van der Waals surface area contributed by atoms with Gasteiger partial charge >= 0.3 is 5.97 Å². The number of benzene rings is 1. The van der Waals surface area contributed by atoms with Gasteiger partial charge in [0.1, 0.15) is 12.4 Å². The van der Waals surface area contributed by atoms with Gasteiger partial charge in [-0.25, -0.2) is 0 Å². The fourth-order valence-electron chi connectivity index (χ4n) is 1.22. The molecule has 1 aromatic rings. The summed E-state index contributed by atoms with van der Waals surface area (Å²) < 4.78 is 5.49. The van der Waals surface area contributed by atoms with Crippen molar-refractivity contribution in [2.75, 3.05) is 27.2 Å². The van der Waals surface area contributed by atoms with Crippen molar-refractivity contribution in [3.63, 3.8) is 0 Å². The zero-order chi connectivity index (χ0) is 12.0. The van der Waals surface area contributed by atoms with Gasteiger partial charge in [0.2, 0.25) is 0 Å². The summed E-state index contributed by atoms with van der Waals surface area (Å²) in [4.78, 5) is 12.5. The molecule has 0 aliphatic carbocycles. The number of likely N-dealkylation sites (N-methyl/N-ethyl adjacent to an activating group) is 1. The van der Waals surface area contributed by atoms with Crippen LogP contribution in [0.25, 0.3) is 0 Å². The van der Waals surface area contributed by atoms with Gasteiger partial charge < -0.3 is 14.7 Å². The second kappa shape index (κ2) is 6.12. The van der Waals surface area contributed by atoms with Gasteiger partial charge in [0.05, 0.1) is 6.42 Å². The molecule has 0 heterocycles. The molecule has 1 N–H and O–H groups in total. The second-order valence-corrected chi connectivity index (χ2v) is 3.87. The van der Waals surface area contributed by atoms with E-state index in [4.69, 9.17) is 9.84 Å². The summed E-state index contributed by atoms with van der Waals surface area (Å²) in [5.41, 5.74) is 0.785. The molecule has 0 radical (unpaired) electrons. The first-order chi connectivity index (χ1) is 7.58. The molecule has 0 spiro atoms. The average molecular weight is 223 g/mol. The lowest BCUT2D eigenvalue weighted by Crippen LogP contribution is -2.19. The van der Waals surface area contributed by atoms with Gasteiger partial charge in [0.15, 0.2) is 0 Å². The predicted molar refractivity (Wildman–Crippen MR) is 61.8 cm³/mol. The number of carbonyl (C=O) groups is 1. The van der Waals surface area contributed by atoms with Gasteiger partial charge in [-0.05, 0) is 31.8 Å². The third kappa shape index (κ3) is 4.79. The van der Waals surface area contributed by atoms with E-state index in [0.29, 0.717) is 6.61 Å². The molecule has 0 atom stereocenters. The van der Waals surface area contributed by atoms with Crippen LogP contribution in [-0.4, -0.2) is 43.2 Å². The molecule has 0 bridgehead atoms. The van der Waals surface area contributed by atoms with Crippen molar-refractivity contribution in [3.8, 4) is 5.75 Å². The van der Waals surface area contributed by atoms with Crippen LogP contribution in [0.5, 0.6) is 5.75 Å². The first kappa shape index (κ1) is 12.5. The van der Waals surface area contributed by atoms with E-state index in [0.717, 1.165) is 17.9 Å². The maximum Gasteiger partial charge on any atom is 0.307 e. The molecule has 0 aromatic heterocycles. The molecule has 0 aliphatic heterocycles. The first-order valence-corrected chi connectivity index (χ1v) is 5.16. The average Bonchev–Trinajstić information content (AvgIpc) is 2.19. The van der Waals surface area contributed by atoms with Crippen molar-refractivity contribution >= 4 is 5.97 Å². The molecule has 4 nitrogen and oxygen atoms in total. The number of rotatable bonds is 6. The topological polar surface area (TPSA) is 49.8 Å². The van der Waals surface area contributed by atoms with E-state index in [2.05, 4.69) is 0 Å². The Morgan fingerprint density at radius 2 is 1.94 bits per heavy atom. The van der Waals surface area contributed by atoms with Crippen LogP contribution in [0.2, 0.25) is 0 Å². The molecule has 0 saturated heterocycles. The highest BCUT2D eigenvalue weighted by atomic mass is 16.5. The van der Waals surface area contributed by atoms with Crippen LogP contribution >= 0.6 is 0 Å². The molecule has 1 aromatic carbocycles. The number of hydrogen-bond donors (Lipinski definition) is 1. The Kier molecular flexibility index (Phi) is 4.79. The fourth-order valence-corrected chi connectivity index (χ4v) is 1.22. The third-order valence-electron chi connectivity index (χ3n) is 2.09. The quantitative estimate of drug-likeness (QED) is 0.788. The monoisotopic (exact) mass is 223 g/mol. The van der Waals surface area contributed by atoms with E-state index in [1.165, 1.54) is 0 Å². The van der Waals surface area contributed by atoms with E-state index in [9.17, 15) is 4.79 Å². The predicted octanol–water partition coefficient (Wildman–Crippen LogP) is 1.25. The smallest absolute Gasteiger partial charge is 0.307 e. The molecular weight excluding hydrogens is 206 g/mol. The summed E-state index contributed by atoms with van der Waals surface area (Å²) in [6, 6.07) is 7.15. The molecule has 0 amide bonds. The minimum Gasteiger partial charge on any atom is -0.492 e. The Morgan fingerprint density at radius 3 is 2.44 bits per heavy atom. The number of aliphatic carboxylic acids is 1. The van der Waals surface area contributed by atoms with Crippen LogP contribution in [0.3, 0.4) is 0 Å². The van der Waals surface area contributed by atoms with Crippen LogP contribution in [0, 0.1) is 0 Å². The van der Waals surface area contributed by atoms with Crippen molar-refractivity contribution in [1.82, 2.24) is 4.90 Å². The number of hydrogen-bond acceptors (Lipinski definition) is 3. The lowest BCUT2D eigenvalue weighted by molar-refractivity contribution is -0.136. The van der Waals surface area contributed by atoms with Gasteiger partial charge in [-0.3, -0.25) is 4.79 Å². The summed E-state index contributed by atoms with van der Waals surface area (Å²) >= 11 is 0. The summed E-state index contributed by atoms with van der Waals surface area (Å²) in [5.74, 6) is -0.0442. The van der Waals surface area contributed by atoms with Gasteiger partial charge in [-0.1, -0.05) is 12.1 Å². The maximum absolute atomic E-state index is 10.5. The molecule has 0 fully saturated rings. The molecule has 88 valence electrons. The largest absolute Gasteiger partial charge is 0.492 e. The van der Waals surface area contributed by atoms with Gasteiger partial charge in [-0.15, -0.1) is 0 Å². The normalized spacial score (nSPS) is 10.4. The van der Waals surface area contributed by atoms with Crippen LogP contribution in [-0.2, 0) is 11.2 Å². The minimum absolute atomic E-state index is 0.0535. The summed E-state index contributed by atoms with van der Waals surface area (Å²) in [7, 11) is 3.97. The fraction of sp³-hybridized carbons (Fsp3) is 0.417. The van der Waals surface area contributed by atoms with Crippen molar-refractivity contribution in [2.24, 2.45) is 0 Å². The number of nitrogens with zero attached hydrogens (tertiary/aromatic N) is 1. The van der Waals surface area contributed by atoms with Crippen LogP contribution in [0.4, 0.5) is 0 Å². The Bertz CT molecular complexity index is 333. The summed E-state index contributed by atoms with van der Waals surface area (Å²) in [6.45, 7) is 1.49. The molecule has 1 rings (SSSR count). The zero-order valence-electron chi connectivity index (χ0n) is 9.64. The SMILES string of the molecule is CN(C)CCOc1ccc(CC(=O)O)cc1. The highest BCUT2D eigenvalue weighted by Crippen LogP contribution is 2.12. The van der Waals surface area contributed by atoms with Gasteiger partial charge in [0, 0.05) is 6.54 Å². The van der Waals surface area contributed by atoms with Crippen LogP contribution in [0.15, 0.2) is 24.3 Å². The number of carboxylic acids is 1. The zero-order valence-corrected chi connectivity index (χ0v) is 9.64. The molecule has 4 heteroatoms. The Hall–Kier alpha value is -1.55. The summed E-state index contributed by atoms with van der Waals surface area (Å²) in [5, 5.41) is 8.60. The Labute approximate surface area is 95.5 Å². The molecule has 16 heavy (non-hydrogen) atoms. The van der Waals surface area contributed by atoms with Crippen molar-refractivity contribution in [1.29, 1.82) is 0 Å². The second-order valence-electron chi connectivity index (χ2n) is 3.87. The highest BCUT2D eigenvalue weighted by Gasteiger charge is 2.00. The molecule has 0 aliphatic rings. The highest BCUT2D eigenvalue weighted by molar-refractivity contribution is 5.70. The third-order valence-corrected chi connectivity index (χ3v) is 2.09. The Morgan fingerprint density at radius 1 is 1.31 bits per heavy atom. The maximum atomic E-state index is 10.5. The lowest BCUT2D eigenvalue weighted by Gasteiger charge is -2.11.